The minimum absolute atomic E-state index is 0.0486. The van der Waals surface area contributed by atoms with Crippen molar-refractivity contribution in [1.82, 2.24) is 9.88 Å². The maximum absolute atomic E-state index is 12.3. The van der Waals surface area contributed by atoms with E-state index in [2.05, 4.69) is 22.5 Å². The van der Waals surface area contributed by atoms with E-state index in [1.54, 1.807) is 24.3 Å². The van der Waals surface area contributed by atoms with Gasteiger partial charge in [-0.2, -0.15) is 0 Å². The number of carbonyl (C=O) groups excluding carboxylic acids is 2. The maximum Gasteiger partial charge on any atom is 0.264 e. The molecule has 0 saturated carbocycles. The fraction of sp³-hybridized carbons (Fsp3) is 0.407. The molecule has 2 N–H and O–H groups in total. The number of aromatic hydroxyl groups is 1. The van der Waals surface area contributed by atoms with Crippen molar-refractivity contribution >= 4 is 40.0 Å². The zero-order valence-electron chi connectivity index (χ0n) is 20.4. The van der Waals surface area contributed by atoms with E-state index in [0.717, 1.165) is 48.6 Å². The van der Waals surface area contributed by atoms with E-state index < -0.39 is 0 Å². The smallest absolute Gasteiger partial charge is 0.264 e. The lowest BCUT2D eigenvalue weighted by atomic mass is 10.1. The van der Waals surface area contributed by atoms with Crippen LogP contribution in [-0.2, 0) is 11.3 Å². The molecule has 8 heteroatoms. The number of aryl methyl sites for hydroxylation is 2. The Morgan fingerprint density at radius 1 is 1.06 bits per heavy atom. The molecule has 1 heterocycles. The molecule has 0 spiro atoms. The lowest BCUT2D eigenvalue weighted by molar-refractivity contribution is -0.118. The van der Waals surface area contributed by atoms with Crippen LogP contribution in [0.25, 0.3) is 10.9 Å². The number of fused-ring (bicyclic) bond motifs is 1. The SMILES string of the molecule is CCCCCn1c(O)c(N=NC(=O)CCCCCNC(=O)c2ccccc2Cl)c2cc(C)ccc21. The van der Waals surface area contributed by atoms with Gasteiger partial charge in [0.05, 0.1) is 16.1 Å². The summed E-state index contributed by atoms with van der Waals surface area (Å²) in [5, 5.41) is 22.9. The molecular formula is C27H33ClN4O3. The van der Waals surface area contributed by atoms with Crippen LogP contribution in [0.15, 0.2) is 52.7 Å². The van der Waals surface area contributed by atoms with Crippen molar-refractivity contribution < 1.29 is 14.7 Å². The largest absolute Gasteiger partial charge is 0.493 e. The summed E-state index contributed by atoms with van der Waals surface area (Å²) in [7, 11) is 0. The minimum atomic E-state index is -0.330. The van der Waals surface area contributed by atoms with Gasteiger partial charge in [0, 0.05) is 24.9 Å². The second-order valence-electron chi connectivity index (χ2n) is 8.69. The summed E-state index contributed by atoms with van der Waals surface area (Å²) in [5.41, 5.74) is 2.74. The van der Waals surface area contributed by atoms with Crippen LogP contribution in [-0.4, -0.2) is 28.0 Å². The van der Waals surface area contributed by atoms with Crippen LogP contribution in [0, 0.1) is 6.92 Å². The van der Waals surface area contributed by atoms with Gasteiger partial charge in [0.2, 0.25) is 5.88 Å². The Balaban J connectivity index is 1.50. The predicted molar refractivity (Wildman–Crippen MR) is 140 cm³/mol. The Labute approximate surface area is 211 Å². The third kappa shape index (κ3) is 7.15. The molecule has 3 rings (SSSR count). The van der Waals surface area contributed by atoms with E-state index in [1.807, 2.05) is 29.7 Å². The average molecular weight is 497 g/mol. The molecule has 0 unspecified atom stereocenters. The molecule has 0 aliphatic heterocycles. The molecule has 186 valence electrons. The lowest BCUT2D eigenvalue weighted by Crippen LogP contribution is -2.24. The first-order valence-electron chi connectivity index (χ1n) is 12.2. The van der Waals surface area contributed by atoms with Crippen LogP contribution >= 0.6 is 11.6 Å². The molecule has 0 radical (unpaired) electrons. The van der Waals surface area contributed by atoms with Crippen molar-refractivity contribution in [3.8, 4) is 5.88 Å². The topological polar surface area (TPSA) is 96.0 Å². The summed E-state index contributed by atoms with van der Waals surface area (Å²) in [4.78, 5) is 24.4. The molecule has 0 bridgehead atoms. The van der Waals surface area contributed by atoms with Crippen LogP contribution in [0.1, 0.15) is 67.8 Å². The highest BCUT2D eigenvalue weighted by Crippen LogP contribution is 2.39. The number of nitrogens with one attached hydrogen (secondary N) is 1. The summed E-state index contributed by atoms with van der Waals surface area (Å²) < 4.78 is 1.85. The van der Waals surface area contributed by atoms with Crippen LogP contribution in [0.5, 0.6) is 5.88 Å². The summed E-state index contributed by atoms with van der Waals surface area (Å²) >= 11 is 6.04. The molecule has 0 aliphatic carbocycles. The number of azo groups is 1. The van der Waals surface area contributed by atoms with Gasteiger partial charge in [-0.05, 0) is 50.5 Å². The van der Waals surface area contributed by atoms with E-state index in [9.17, 15) is 14.7 Å². The number of nitrogens with zero attached hydrogens (tertiary/aromatic N) is 3. The first-order chi connectivity index (χ1) is 16.9. The zero-order valence-corrected chi connectivity index (χ0v) is 21.1. The predicted octanol–water partition coefficient (Wildman–Crippen LogP) is 7.10. The highest BCUT2D eigenvalue weighted by atomic mass is 35.5. The number of hydrogen-bond donors (Lipinski definition) is 2. The molecule has 0 saturated heterocycles. The number of aromatic nitrogens is 1. The average Bonchev–Trinajstić information content (AvgIpc) is 3.10. The number of rotatable bonds is 12. The van der Waals surface area contributed by atoms with Gasteiger partial charge in [0.15, 0.2) is 5.69 Å². The van der Waals surface area contributed by atoms with E-state index in [4.69, 9.17) is 11.6 Å². The monoisotopic (exact) mass is 496 g/mol. The molecule has 0 atom stereocenters. The van der Waals surface area contributed by atoms with Gasteiger partial charge in [-0.3, -0.25) is 9.59 Å². The maximum atomic E-state index is 12.3. The van der Waals surface area contributed by atoms with Gasteiger partial charge < -0.3 is 15.0 Å². The minimum Gasteiger partial charge on any atom is -0.493 e. The van der Waals surface area contributed by atoms with Gasteiger partial charge >= 0.3 is 0 Å². The first-order valence-corrected chi connectivity index (χ1v) is 12.6. The molecule has 0 aliphatic rings. The Bertz CT molecular complexity index is 1200. The molecule has 7 nitrogen and oxygen atoms in total. The fourth-order valence-electron chi connectivity index (χ4n) is 3.96. The molecule has 1 aromatic heterocycles. The van der Waals surface area contributed by atoms with E-state index in [1.165, 1.54) is 0 Å². The van der Waals surface area contributed by atoms with Crippen LogP contribution in [0.2, 0.25) is 5.02 Å². The van der Waals surface area contributed by atoms with E-state index >= 15 is 0 Å². The normalized spacial score (nSPS) is 11.4. The van der Waals surface area contributed by atoms with Crippen molar-refractivity contribution in [2.45, 2.75) is 65.3 Å². The van der Waals surface area contributed by atoms with Crippen LogP contribution < -0.4 is 5.32 Å². The van der Waals surface area contributed by atoms with Gasteiger partial charge in [-0.25, -0.2) is 0 Å². The molecule has 2 aromatic carbocycles. The van der Waals surface area contributed by atoms with Crippen molar-refractivity contribution in [3.63, 3.8) is 0 Å². The van der Waals surface area contributed by atoms with Gasteiger partial charge in [-0.15, -0.1) is 10.2 Å². The standard InChI is InChI=1S/C27H33ClN4O3/c1-3-4-10-17-32-23-15-14-19(2)18-21(23)25(27(32)35)31-30-24(33)13-6-5-9-16-29-26(34)20-11-7-8-12-22(20)28/h7-8,11-12,14-15,18,35H,3-6,9-10,13,16-17H2,1-2H3,(H,29,34). The first kappa shape index (κ1) is 26.4. The van der Waals surface area contributed by atoms with Gasteiger partial charge in [-0.1, -0.05) is 61.5 Å². The quantitative estimate of drug-likeness (QED) is 0.207. The summed E-state index contributed by atoms with van der Waals surface area (Å²) in [6.45, 7) is 5.31. The molecular weight excluding hydrogens is 464 g/mol. The Morgan fingerprint density at radius 2 is 1.86 bits per heavy atom. The lowest BCUT2D eigenvalue weighted by Gasteiger charge is -2.06. The Morgan fingerprint density at radius 3 is 2.63 bits per heavy atom. The third-order valence-electron chi connectivity index (χ3n) is 5.88. The Hall–Kier alpha value is -3.19. The van der Waals surface area contributed by atoms with Crippen molar-refractivity contribution in [2.24, 2.45) is 10.2 Å². The van der Waals surface area contributed by atoms with Gasteiger partial charge in [0.1, 0.15) is 0 Å². The summed E-state index contributed by atoms with van der Waals surface area (Å²) in [6.07, 6.45) is 5.53. The van der Waals surface area contributed by atoms with Crippen LogP contribution in [0.4, 0.5) is 5.69 Å². The fourth-order valence-corrected chi connectivity index (χ4v) is 4.18. The van der Waals surface area contributed by atoms with E-state index in [0.29, 0.717) is 35.8 Å². The summed E-state index contributed by atoms with van der Waals surface area (Å²) in [6, 6.07) is 12.8. The number of amides is 2. The number of hydrogen-bond acceptors (Lipinski definition) is 4. The van der Waals surface area contributed by atoms with Gasteiger partial charge in [0.25, 0.3) is 11.8 Å². The molecule has 2 amide bonds. The molecule has 35 heavy (non-hydrogen) atoms. The highest BCUT2D eigenvalue weighted by Gasteiger charge is 2.17. The van der Waals surface area contributed by atoms with Crippen molar-refractivity contribution in [1.29, 1.82) is 0 Å². The third-order valence-corrected chi connectivity index (χ3v) is 6.21. The zero-order chi connectivity index (χ0) is 25.2. The number of carbonyl (C=O) groups is 2. The Kier molecular flexibility index (Phi) is 9.85. The number of halogens is 1. The van der Waals surface area contributed by atoms with Crippen molar-refractivity contribution in [2.75, 3.05) is 6.54 Å². The highest BCUT2D eigenvalue weighted by molar-refractivity contribution is 6.33. The van der Waals surface area contributed by atoms with Crippen molar-refractivity contribution in [3.05, 3.63) is 58.6 Å². The molecule has 0 fully saturated rings. The second-order valence-corrected chi connectivity index (χ2v) is 9.10. The molecule has 3 aromatic rings. The summed E-state index contributed by atoms with van der Waals surface area (Å²) in [5.74, 6) is -0.485. The second kappa shape index (κ2) is 13.0. The van der Waals surface area contributed by atoms with E-state index in [-0.39, 0.29) is 24.1 Å². The number of benzene rings is 2. The van der Waals surface area contributed by atoms with Crippen LogP contribution in [0.3, 0.4) is 0 Å². The number of unbranched alkanes of at least 4 members (excludes halogenated alkanes) is 4.